The molecule has 0 atom stereocenters. The molecular formula is C14H30O3Si. The van der Waals surface area contributed by atoms with E-state index in [9.17, 15) is 0 Å². The molecule has 0 rings (SSSR count). The van der Waals surface area contributed by atoms with E-state index in [2.05, 4.69) is 13.5 Å². The van der Waals surface area contributed by atoms with Gasteiger partial charge in [-0.2, -0.15) is 0 Å². The Kier molecular flexibility index (Phi) is 10.6. The van der Waals surface area contributed by atoms with Crippen LogP contribution in [0.1, 0.15) is 53.4 Å². The lowest BCUT2D eigenvalue weighted by atomic mass is 10.1. The molecule has 0 aromatic rings. The van der Waals surface area contributed by atoms with E-state index in [-0.39, 0.29) is 0 Å². The van der Waals surface area contributed by atoms with E-state index in [0.717, 1.165) is 31.7 Å². The molecule has 0 spiro atoms. The highest BCUT2D eigenvalue weighted by atomic mass is 28.4. The second-order valence-corrected chi connectivity index (χ2v) is 7.02. The summed E-state index contributed by atoms with van der Waals surface area (Å²) in [4.78, 5) is 0. The number of unbranched alkanes of at least 4 members (excludes halogenated alkanes) is 1. The van der Waals surface area contributed by atoms with E-state index in [1.807, 2.05) is 20.8 Å². The molecule has 0 unspecified atom stereocenters. The van der Waals surface area contributed by atoms with Gasteiger partial charge in [-0.05, 0) is 46.5 Å². The van der Waals surface area contributed by atoms with E-state index in [1.54, 1.807) is 0 Å². The summed E-state index contributed by atoms with van der Waals surface area (Å²) in [5.41, 5.74) is 1.33. The minimum Gasteiger partial charge on any atom is -0.374 e. The van der Waals surface area contributed by atoms with Crippen molar-refractivity contribution in [3.63, 3.8) is 0 Å². The van der Waals surface area contributed by atoms with Crippen LogP contribution in [0.3, 0.4) is 0 Å². The van der Waals surface area contributed by atoms with Gasteiger partial charge in [0.05, 0.1) is 0 Å². The van der Waals surface area contributed by atoms with Crippen LogP contribution in [0, 0.1) is 0 Å². The van der Waals surface area contributed by atoms with Crippen molar-refractivity contribution < 1.29 is 13.3 Å². The Morgan fingerprint density at radius 2 is 1.39 bits per heavy atom. The fraction of sp³-hybridized carbons (Fsp3) is 0.857. The molecule has 108 valence electrons. The zero-order chi connectivity index (χ0) is 13.9. The van der Waals surface area contributed by atoms with Gasteiger partial charge in [0.25, 0.3) is 0 Å². The molecular weight excluding hydrogens is 244 g/mol. The van der Waals surface area contributed by atoms with Crippen LogP contribution in [0.4, 0.5) is 0 Å². The predicted octanol–water partition coefficient (Wildman–Crippen LogP) is 4.17. The van der Waals surface area contributed by atoms with Crippen LogP contribution < -0.4 is 0 Å². The van der Waals surface area contributed by atoms with Crippen molar-refractivity contribution in [1.82, 2.24) is 0 Å². The first-order valence-electron chi connectivity index (χ1n) is 7.22. The summed E-state index contributed by atoms with van der Waals surface area (Å²) in [6.45, 7) is 14.2. The van der Waals surface area contributed by atoms with Crippen molar-refractivity contribution in [2.75, 3.05) is 19.8 Å². The molecule has 0 radical (unpaired) electrons. The van der Waals surface area contributed by atoms with Crippen molar-refractivity contribution in [2.24, 2.45) is 0 Å². The van der Waals surface area contributed by atoms with Gasteiger partial charge in [0.15, 0.2) is 0 Å². The lowest BCUT2D eigenvalue weighted by Crippen LogP contribution is -2.45. The first-order valence-corrected chi connectivity index (χ1v) is 9.15. The minimum atomic E-state index is -2.41. The third-order valence-electron chi connectivity index (χ3n) is 2.86. The normalized spacial score (nSPS) is 11.8. The van der Waals surface area contributed by atoms with Gasteiger partial charge in [-0.1, -0.05) is 19.1 Å². The topological polar surface area (TPSA) is 27.7 Å². The molecule has 0 bridgehead atoms. The fourth-order valence-corrected chi connectivity index (χ4v) is 4.58. The summed E-state index contributed by atoms with van der Waals surface area (Å²) in [7, 11) is -2.41. The maximum atomic E-state index is 5.82. The minimum absolute atomic E-state index is 0.661. The Morgan fingerprint density at radius 1 is 0.889 bits per heavy atom. The van der Waals surface area contributed by atoms with Gasteiger partial charge in [-0.3, -0.25) is 0 Å². The molecule has 18 heavy (non-hydrogen) atoms. The third kappa shape index (κ3) is 7.31. The van der Waals surface area contributed by atoms with Gasteiger partial charge < -0.3 is 13.3 Å². The first kappa shape index (κ1) is 17.8. The molecule has 0 heterocycles. The van der Waals surface area contributed by atoms with Crippen molar-refractivity contribution >= 4 is 8.80 Å². The molecule has 0 aliphatic rings. The fourth-order valence-electron chi connectivity index (χ4n) is 1.89. The van der Waals surface area contributed by atoms with Crippen LogP contribution in [0.2, 0.25) is 6.04 Å². The van der Waals surface area contributed by atoms with Gasteiger partial charge in [-0.15, -0.1) is 0 Å². The summed E-state index contributed by atoms with van der Waals surface area (Å²) < 4.78 is 17.4. The van der Waals surface area contributed by atoms with E-state index in [4.69, 9.17) is 13.3 Å². The second-order valence-electron chi connectivity index (χ2n) is 4.29. The molecule has 0 saturated carbocycles. The van der Waals surface area contributed by atoms with E-state index >= 15 is 0 Å². The third-order valence-corrected chi connectivity index (χ3v) is 6.01. The van der Waals surface area contributed by atoms with Crippen LogP contribution >= 0.6 is 0 Å². The molecule has 0 amide bonds. The lowest BCUT2D eigenvalue weighted by Gasteiger charge is -2.28. The Morgan fingerprint density at radius 3 is 1.78 bits per heavy atom. The quantitative estimate of drug-likeness (QED) is 0.304. The van der Waals surface area contributed by atoms with Gasteiger partial charge in [0.2, 0.25) is 0 Å². The zero-order valence-electron chi connectivity index (χ0n) is 12.6. The molecule has 0 aliphatic carbocycles. The Balaban J connectivity index is 4.16. The van der Waals surface area contributed by atoms with Crippen molar-refractivity contribution in [3.8, 4) is 0 Å². The Hall–Kier alpha value is -0.163. The standard InChI is InChI=1S/C14H30O3Si/c1-6-14(5)12-10-11-13-18(15-7-2,16-8-3)17-9-4/h5-13H2,1-4H3. The predicted molar refractivity (Wildman–Crippen MR) is 78.7 cm³/mol. The molecule has 3 nitrogen and oxygen atoms in total. The molecule has 0 fully saturated rings. The molecule has 0 aromatic carbocycles. The number of hydrogen-bond donors (Lipinski definition) is 0. The summed E-state index contributed by atoms with van der Waals surface area (Å²) in [5, 5.41) is 0. The number of allylic oxidation sites excluding steroid dienone is 1. The van der Waals surface area contributed by atoms with Crippen molar-refractivity contribution in [2.45, 2.75) is 59.4 Å². The maximum Gasteiger partial charge on any atom is 0.500 e. The maximum absolute atomic E-state index is 5.82. The van der Waals surface area contributed by atoms with E-state index in [1.165, 1.54) is 5.57 Å². The van der Waals surface area contributed by atoms with Gasteiger partial charge in [0, 0.05) is 25.9 Å². The van der Waals surface area contributed by atoms with Crippen LogP contribution in [0.25, 0.3) is 0 Å². The molecule has 4 heteroatoms. The van der Waals surface area contributed by atoms with Gasteiger partial charge in [-0.25, -0.2) is 0 Å². The summed E-state index contributed by atoms with van der Waals surface area (Å²) >= 11 is 0. The lowest BCUT2D eigenvalue weighted by molar-refractivity contribution is 0.0707. The van der Waals surface area contributed by atoms with E-state index in [0.29, 0.717) is 19.8 Å². The van der Waals surface area contributed by atoms with Crippen LogP contribution in [0.5, 0.6) is 0 Å². The van der Waals surface area contributed by atoms with Crippen molar-refractivity contribution in [3.05, 3.63) is 12.2 Å². The average Bonchev–Trinajstić information content (AvgIpc) is 2.35. The highest BCUT2D eigenvalue weighted by Gasteiger charge is 2.39. The number of hydrogen-bond acceptors (Lipinski definition) is 3. The van der Waals surface area contributed by atoms with Crippen LogP contribution in [-0.4, -0.2) is 28.6 Å². The van der Waals surface area contributed by atoms with Crippen molar-refractivity contribution in [1.29, 1.82) is 0 Å². The van der Waals surface area contributed by atoms with Gasteiger partial charge in [0.1, 0.15) is 0 Å². The van der Waals surface area contributed by atoms with Crippen LogP contribution in [-0.2, 0) is 13.3 Å². The zero-order valence-corrected chi connectivity index (χ0v) is 13.6. The van der Waals surface area contributed by atoms with E-state index < -0.39 is 8.80 Å². The molecule has 0 saturated heterocycles. The Bertz CT molecular complexity index is 202. The van der Waals surface area contributed by atoms with Gasteiger partial charge >= 0.3 is 8.80 Å². The highest BCUT2D eigenvalue weighted by Crippen LogP contribution is 2.21. The summed E-state index contributed by atoms with van der Waals surface area (Å²) in [6, 6.07) is 0.916. The Labute approximate surface area is 114 Å². The monoisotopic (exact) mass is 274 g/mol. The number of rotatable bonds is 12. The smallest absolute Gasteiger partial charge is 0.374 e. The summed E-state index contributed by atoms with van der Waals surface area (Å²) in [6.07, 6.45) is 4.41. The second kappa shape index (κ2) is 10.7. The molecule has 0 aromatic heterocycles. The largest absolute Gasteiger partial charge is 0.500 e. The average molecular weight is 274 g/mol. The molecule has 0 aliphatic heterocycles. The SMILES string of the molecule is C=C(CC)CCCC[Si](OCC)(OCC)OCC. The summed E-state index contributed by atoms with van der Waals surface area (Å²) in [5.74, 6) is 0. The molecule has 0 N–H and O–H groups in total. The first-order chi connectivity index (χ1) is 8.64. The van der Waals surface area contributed by atoms with Crippen LogP contribution in [0.15, 0.2) is 12.2 Å². The highest BCUT2D eigenvalue weighted by molar-refractivity contribution is 6.60.